The van der Waals surface area contributed by atoms with Crippen LogP contribution in [0.25, 0.3) is 0 Å². The number of aliphatic hydroxyl groups excluding tert-OH is 1. The number of carbonyl (C=O) groups is 1. The lowest BCUT2D eigenvalue weighted by Gasteiger charge is -2.59. The molecule has 0 aromatic heterocycles. The minimum absolute atomic E-state index is 0.0731. The number of allylic oxidation sites excluding steroid dienone is 1. The molecule has 1 unspecified atom stereocenters. The quantitative estimate of drug-likeness (QED) is 0.691. The van der Waals surface area contributed by atoms with Gasteiger partial charge in [-0.2, -0.15) is 0 Å². The molecule has 3 saturated carbocycles. The van der Waals surface area contributed by atoms with Gasteiger partial charge in [-0.05, 0) is 93.3 Å². The number of fused-ring (bicyclic) bond motifs is 5. The van der Waals surface area contributed by atoms with Crippen LogP contribution in [0.5, 0.6) is 0 Å². The molecule has 0 radical (unpaired) electrons. The summed E-state index contributed by atoms with van der Waals surface area (Å²) >= 11 is 0. The lowest BCUT2D eigenvalue weighted by Crippen LogP contribution is -2.53. The molecule has 2 heteroatoms. The van der Waals surface area contributed by atoms with Crippen LogP contribution in [0, 0.1) is 34.0 Å². The molecular weight excluding hydrogens is 308 g/mol. The molecule has 1 N–H and O–H groups in total. The van der Waals surface area contributed by atoms with Gasteiger partial charge in [0.25, 0.3) is 0 Å². The third-order valence-electron chi connectivity index (χ3n) is 9.72. The van der Waals surface area contributed by atoms with Crippen molar-refractivity contribution in [1.82, 2.24) is 0 Å². The molecule has 2 nitrogen and oxygen atoms in total. The van der Waals surface area contributed by atoms with E-state index in [0.717, 1.165) is 43.9 Å². The summed E-state index contributed by atoms with van der Waals surface area (Å²) in [4.78, 5) is 12.7. The van der Waals surface area contributed by atoms with Crippen LogP contribution in [-0.2, 0) is 4.79 Å². The average Bonchev–Trinajstić information content (AvgIpc) is 2.89. The normalized spacial score (nSPS) is 52.0. The molecule has 0 aliphatic heterocycles. The van der Waals surface area contributed by atoms with E-state index in [0.29, 0.717) is 17.1 Å². The maximum atomic E-state index is 12.7. The Hall–Kier alpha value is -0.630. The SMILES string of the molecule is CC[C@]1(C(C)=O)CC[C@H]2[C@@H]3CC=C4CC(O)CC[C@]4(C)[C@H]3CC[C@@]21C. The molecule has 0 aromatic carbocycles. The second-order valence-corrected chi connectivity index (χ2v) is 10.1. The number of hydrogen-bond acceptors (Lipinski definition) is 2. The van der Waals surface area contributed by atoms with Crippen LogP contribution in [0.15, 0.2) is 11.6 Å². The summed E-state index contributed by atoms with van der Waals surface area (Å²) in [6.07, 6.45) is 12.4. The first kappa shape index (κ1) is 17.8. The molecule has 0 aromatic rings. The Labute approximate surface area is 153 Å². The molecule has 0 heterocycles. The van der Waals surface area contributed by atoms with Crippen molar-refractivity contribution in [3.63, 3.8) is 0 Å². The third-order valence-corrected chi connectivity index (χ3v) is 9.72. The highest BCUT2D eigenvalue weighted by Gasteiger charge is 2.64. The van der Waals surface area contributed by atoms with E-state index in [9.17, 15) is 9.90 Å². The Balaban J connectivity index is 1.70. The minimum atomic E-state index is -0.123. The molecule has 0 amide bonds. The minimum Gasteiger partial charge on any atom is -0.393 e. The van der Waals surface area contributed by atoms with Gasteiger partial charge in [-0.3, -0.25) is 4.79 Å². The van der Waals surface area contributed by atoms with Gasteiger partial charge in [-0.1, -0.05) is 32.4 Å². The Morgan fingerprint density at radius 3 is 2.56 bits per heavy atom. The van der Waals surface area contributed by atoms with E-state index in [1.165, 1.54) is 25.7 Å². The molecule has 4 aliphatic rings. The van der Waals surface area contributed by atoms with Crippen LogP contribution in [0.3, 0.4) is 0 Å². The van der Waals surface area contributed by atoms with Gasteiger partial charge in [0.2, 0.25) is 0 Å². The van der Waals surface area contributed by atoms with Crippen LogP contribution in [-0.4, -0.2) is 17.0 Å². The summed E-state index contributed by atoms with van der Waals surface area (Å²) in [5.74, 6) is 2.65. The van der Waals surface area contributed by atoms with Crippen molar-refractivity contribution >= 4 is 5.78 Å². The van der Waals surface area contributed by atoms with Gasteiger partial charge in [-0.25, -0.2) is 0 Å². The predicted octanol–water partition coefficient (Wildman–Crippen LogP) is 5.30. The summed E-state index contributed by atoms with van der Waals surface area (Å²) in [5, 5.41) is 10.1. The molecule has 4 aliphatic carbocycles. The largest absolute Gasteiger partial charge is 0.393 e. The van der Waals surface area contributed by atoms with E-state index in [1.807, 2.05) is 6.92 Å². The van der Waals surface area contributed by atoms with Gasteiger partial charge < -0.3 is 5.11 Å². The topological polar surface area (TPSA) is 37.3 Å². The molecular formula is C23H36O2. The fourth-order valence-corrected chi connectivity index (χ4v) is 8.18. The Kier molecular flexibility index (Phi) is 4.04. The zero-order valence-electron chi connectivity index (χ0n) is 16.6. The summed E-state index contributed by atoms with van der Waals surface area (Å²) < 4.78 is 0. The van der Waals surface area contributed by atoms with Crippen molar-refractivity contribution in [1.29, 1.82) is 0 Å². The van der Waals surface area contributed by atoms with E-state index in [2.05, 4.69) is 26.8 Å². The first-order valence-electron chi connectivity index (χ1n) is 10.7. The van der Waals surface area contributed by atoms with Crippen molar-refractivity contribution < 1.29 is 9.90 Å². The molecule has 3 fully saturated rings. The predicted molar refractivity (Wildman–Crippen MR) is 101 cm³/mol. The maximum Gasteiger partial charge on any atom is 0.136 e. The van der Waals surface area contributed by atoms with Gasteiger partial charge in [0.1, 0.15) is 5.78 Å². The zero-order chi connectivity index (χ0) is 18.0. The van der Waals surface area contributed by atoms with Crippen molar-refractivity contribution in [2.24, 2.45) is 34.0 Å². The molecule has 140 valence electrons. The number of aliphatic hydroxyl groups is 1. The van der Waals surface area contributed by atoms with Crippen molar-refractivity contribution in [2.45, 2.75) is 91.6 Å². The third kappa shape index (κ3) is 2.16. The second kappa shape index (κ2) is 5.68. The number of carbonyl (C=O) groups excluding carboxylic acids is 1. The molecule has 7 atom stereocenters. The monoisotopic (exact) mass is 344 g/mol. The van der Waals surface area contributed by atoms with Crippen LogP contribution in [0.4, 0.5) is 0 Å². The molecule has 4 rings (SSSR count). The standard InChI is InChI=1S/C23H36O2/c1-5-23(15(2)24)13-10-20-18-7-6-16-14-17(25)8-11-21(16,3)19(18)9-12-22(20,23)4/h6,17-20,25H,5,7-14H2,1-4H3/t17?,18-,19+,20+,21+,22+,23-/m1/s1. The first-order valence-corrected chi connectivity index (χ1v) is 10.7. The summed E-state index contributed by atoms with van der Waals surface area (Å²) in [6.45, 7) is 9.03. The molecule has 25 heavy (non-hydrogen) atoms. The van der Waals surface area contributed by atoms with Crippen molar-refractivity contribution in [3.05, 3.63) is 11.6 Å². The summed E-state index contributed by atoms with van der Waals surface area (Å²) in [7, 11) is 0. The van der Waals surface area contributed by atoms with Crippen LogP contribution in [0.2, 0.25) is 0 Å². The number of ketones is 1. The number of hydrogen-bond donors (Lipinski definition) is 1. The van der Waals surface area contributed by atoms with Gasteiger partial charge in [0.15, 0.2) is 0 Å². The van der Waals surface area contributed by atoms with Crippen LogP contribution >= 0.6 is 0 Å². The van der Waals surface area contributed by atoms with E-state index in [4.69, 9.17) is 0 Å². The zero-order valence-corrected chi connectivity index (χ0v) is 16.6. The first-order chi connectivity index (χ1) is 11.8. The number of Topliss-reactive ketones (excluding diaryl/α,β-unsaturated/α-hetero) is 1. The summed E-state index contributed by atoms with van der Waals surface area (Å²) in [6, 6.07) is 0. The Bertz CT molecular complexity index is 607. The lowest BCUT2D eigenvalue weighted by atomic mass is 9.45. The van der Waals surface area contributed by atoms with Crippen LogP contribution < -0.4 is 0 Å². The Morgan fingerprint density at radius 2 is 1.88 bits per heavy atom. The molecule has 0 spiro atoms. The van der Waals surface area contributed by atoms with Crippen molar-refractivity contribution in [3.8, 4) is 0 Å². The van der Waals surface area contributed by atoms with Gasteiger partial charge in [-0.15, -0.1) is 0 Å². The highest BCUT2D eigenvalue weighted by molar-refractivity contribution is 5.83. The fourth-order valence-electron chi connectivity index (χ4n) is 8.18. The maximum absolute atomic E-state index is 12.7. The van der Waals surface area contributed by atoms with Crippen LogP contribution in [0.1, 0.15) is 85.5 Å². The highest BCUT2D eigenvalue weighted by Crippen LogP contribution is 2.70. The summed E-state index contributed by atoms with van der Waals surface area (Å²) in [5.41, 5.74) is 1.97. The van der Waals surface area contributed by atoms with E-state index in [1.54, 1.807) is 5.57 Å². The molecule has 0 bridgehead atoms. The van der Waals surface area contributed by atoms with E-state index < -0.39 is 0 Å². The molecule has 0 saturated heterocycles. The Morgan fingerprint density at radius 1 is 1.16 bits per heavy atom. The van der Waals surface area contributed by atoms with Crippen molar-refractivity contribution in [2.75, 3.05) is 0 Å². The van der Waals surface area contributed by atoms with Gasteiger partial charge in [0.05, 0.1) is 6.10 Å². The van der Waals surface area contributed by atoms with Gasteiger partial charge in [0, 0.05) is 5.41 Å². The average molecular weight is 345 g/mol. The lowest BCUT2D eigenvalue weighted by molar-refractivity contribution is -0.140. The highest BCUT2D eigenvalue weighted by atomic mass is 16.3. The second-order valence-electron chi connectivity index (χ2n) is 10.1. The van der Waals surface area contributed by atoms with Gasteiger partial charge >= 0.3 is 0 Å². The number of rotatable bonds is 2. The fraction of sp³-hybridized carbons (Fsp3) is 0.870. The smallest absolute Gasteiger partial charge is 0.136 e. The van der Waals surface area contributed by atoms with E-state index >= 15 is 0 Å². The van der Waals surface area contributed by atoms with E-state index in [-0.39, 0.29) is 16.9 Å².